The van der Waals surface area contributed by atoms with Gasteiger partial charge in [-0.25, -0.2) is 0 Å². The second kappa shape index (κ2) is 17.2. The topological polar surface area (TPSA) is 35.5 Å². The lowest BCUT2D eigenvalue weighted by Crippen LogP contribution is -2.39. The largest absolute Gasteiger partial charge is 0.493 e. The summed E-state index contributed by atoms with van der Waals surface area (Å²) in [5.74, 6) is 0.880. The number of rotatable bonds is 19. The summed E-state index contributed by atoms with van der Waals surface area (Å²) >= 11 is 0. The highest BCUT2D eigenvalue weighted by Gasteiger charge is 2.15. The summed E-state index contributed by atoms with van der Waals surface area (Å²) in [5, 5.41) is 0. The molecule has 0 saturated carbocycles. The van der Waals surface area contributed by atoms with Gasteiger partial charge in [0.2, 0.25) is 0 Å². The van der Waals surface area contributed by atoms with Crippen LogP contribution in [0.2, 0.25) is 0 Å². The Bertz CT molecular complexity index is 819. The number of carbonyl (C=O) groups excluding carboxylic acids is 1. The number of hydrogen-bond acceptors (Lipinski definition) is 3. The molecule has 0 aliphatic rings. The van der Waals surface area contributed by atoms with E-state index in [4.69, 9.17) is 9.47 Å². The first-order valence-electron chi connectivity index (χ1n) is 13.7. The van der Waals surface area contributed by atoms with E-state index in [0.717, 1.165) is 49.0 Å². The molecule has 0 aliphatic heterocycles. The van der Waals surface area contributed by atoms with Gasteiger partial charge in [0.1, 0.15) is 12.3 Å². The van der Waals surface area contributed by atoms with Crippen LogP contribution in [0.3, 0.4) is 0 Å². The molecule has 194 valence electrons. The number of ether oxygens (including phenoxy) is 2. The van der Waals surface area contributed by atoms with Crippen molar-refractivity contribution in [3.63, 3.8) is 0 Å². The van der Waals surface area contributed by atoms with Gasteiger partial charge in [0.05, 0.1) is 33.9 Å². The lowest BCUT2D eigenvalue weighted by Gasteiger charge is -2.30. The van der Waals surface area contributed by atoms with Crippen LogP contribution in [0, 0.1) is 0 Å². The first-order valence-corrected chi connectivity index (χ1v) is 13.7. The van der Waals surface area contributed by atoms with Gasteiger partial charge in [-0.1, -0.05) is 87.6 Å². The lowest BCUT2D eigenvalue weighted by molar-refractivity contribution is -0.903. The standard InChI is InChI=1S/C31H48NO3/c1-4-5-6-7-8-12-20-29-21-13-14-22-30(29)34-25-17-26-35-31(33)23-15-16-24-32(2,3)27-28-18-10-9-11-19-28/h9-11,13-14,18-19,21-22H,4-8,12,15-17,20,23-27H2,1-3H3/q+1. The van der Waals surface area contributed by atoms with Crippen LogP contribution in [0.5, 0.6) is 5.75 Å². The van der Waals surface area contributed by atoms with Crippen LogP contribution < -0.4 is 4.74 Å². The minimum Gasteiger partial charge on any atom is -0.493 e. The molecule has 0 heterocycles. The van der Waals surface area contributed by atoms with Gasteiger partial charge in [-0.2, -0.15) is 0 Å². The van der Waals surface area contributed by atoms with Crippen LogP contribution in [0.15, 0.2) is 54.6 Å². The van der Waals surface area contributed by atoms with E-state index in [-0.39, 0.29) is 5.97 Å². The number of para-hydroxylation sites is 1. The third-order valence-corrected chi connectivity index (χ3v) is 6.43. The fourth-order valence-electron chi connectivity index (χ4n) is 4.41. The average Bonchev–Trinajstić information content (AvgIpc) is 2.85. The molecule has 0 N–H and O–H groups in total. The highest BCUT2D eigenvalue weighted by atomic mass is 16.5. The van der Waals surface area contributed by atoms with Crippen molar-refractivity contribution in [1.29, 1.82) is 0 Å². The molecule has 2 aromatic carbocycles. The van der Waals surface area contributed by atoms with E-state index in [1.807, 2.05) is 6.07 Å². The molecule has 0 amide bonds. The van der Waals surface area contributed by atoms with Crippen molar-refractivity contribution >= 4 is 5.97 Å². The van der Waals surface area contributed by atoms with Crippen molar-refractivity contribution in [2.45, 2.75) is 84.1 Å². The first-order chi connectivity index (χ1) is 17.0. The summed E-state index contributed by atoms with van der Waals surface area (Å²) in [4.78, 5) is 12.1. The fourth-order valence-corrected chi connectivity index (χ4v) is 4.41. The van der Waals surface area contributed by atoms with Crippen LogP contribution in [0.1, 0.15) is 82.3 Å². The molecule has 0 atom stereocenters. The van der Waals surface area contributed by atoms with Crippen LogP contribution >= 0.6 is 0 Å². The number of benzene rings is 2. The summed E-state index contributed by atoms with van der Waals surface area (Å²) in [5.41, 5.74) is 2.64. The molecule has 4 nitrogen and oxygen atoms in total. The van der Waals surface area contributed by atoms with Gasteiger partial charge < -0.3 is 14.0 Å². The monoisotopic (exact) mass is 482 g/mol. The molecule has 0 unspecified atom stereocenters. The summed E-state index contributed by atoms with van der Waals surface area (Å²) < 4.78 is 12.4. The minimum atomic E-state index is -0.0955. The van der Waals surface area contributed by atoms with Crippen molar-refractivity contribution < 1.29 is 18.8 Å². The Morgan fingerprint density at radius 3 is 2.29 bits per heavy atom. The number of esters is 1. The van der Waals surface area contributed by atoms with E-state index < -0.39 is 0 Å². The highest BCUT2D eigenvalue weighted by Crippen LogP contribution is 2.21. The van der Waals surface area contributed by atoms with Gasteiger partial charge >= 0.3 is 5.97 Å². The number of hydrogen-bond donors (Lipinski definition) is 0. The van der Waals surface area contributed by atoms with Gasteiger partial charge in [0, 0.05) is 18.4 Å². The Kier molecular flexibility index (Phi) is 14.2. The number of carbonyl (C=O) groups is 1. The van der Waals surface area contributed by atoms with Crippen molar-refractivity contribution in [3.05, 3.63) is 65.7 Å². The molecular weight excluding hydrogens is 434 g/mol. The molecule has 0 aromatic heterocycles. The molecule has 0 bridgehead atoms. The SMILES string of the molecule is CCCCCCCCc1ccccc1OCCCOC(=O)CCCC[N+](C)(C)Cc1ccccc1. The smallest absolute Gasteiger partial charge is 0.305 e. The maximum Gasteiger partial charge on any atom is 0.305 e. The molecular formula is C31H48NO3+. The van der Waals surface area contributed by atoms with E-state index in [2.05, 4.69) is 69.6 Å². The lowest BCUT2D eigenvalue weighted by atomic mass is 10.0. The Hall–Kier alpha value is -2.33. The second-order valence-electron chi connectivity index (χ2n) is 10.3. The van der Waals surface area contributed by atoms with Gasteiger partial charge in [-0.15, -0.1) is 0 Å². The zero-order chi connectivity index (χ0) is 25.2. The van der Waals surface area contributed by atoms with Crippen LogP contribution in [0.25, 0.3) is 0 Å². The summed E-state index contributed by atoms with van der Waals surface area (Å²) in [7, 11) is 4.49. The van der Waals surface area contributed by atoms with Gasteiger partial charge in [0.15, 0.2) is 0 Å². The first kappa shape index (κ1) is 28.9. The zero-order valence-electron chi connectivity index (χ0n) is 22.5. The predicted molar refractivity (Wildman–Crippen MR) is 146 cm³/mol. The van der Waals surface area contributed by atoms with Crippen molar-refractivity contribution in [3.8, 4) is 5.75 Å². The molecule has 2 aromatic rings. The van der Waals surface area contributed by atoms with E-state index in [9.17, 15) is 4.79 Å². The van der Waals surface area contributed by atoms with Gasteiger partial charge in [-0.3, -0.25) is 4.79 Å². The number of unbranched alkanes of at least 4 members (excludes halogenated alkanes) is 6. The van der Waals surface area contributed by atoms with E-state index in [1.54, 1.807) is 0 Å². The van der Waals surface area contributed by atoms with Crippen molar-refractivity contribution in [1.82, 2.24) is 0 Å². The number of nitrogens with zero attached hydrogens (tertiary/aromatic N) is 1. The molecule has 35 heavy (non-hydrogen) atoms. The van der Waals surface area contributed by atoms with E-state index >= 15 is 0 Å². The molecule has 0 saturated heterocycles. The number of aryl methyl sites for hydroxylation is 1. The fraction of sp³-hybridized carbons (Fsp3) is 0.581. The van der Waals surface area contributed by atoms with Gasteiger partial charge in [-0.05, 0) is 37.3 Å². The highest BCUT2D eigenvalue weighted by molar-refractivity contribution is 5.69. The maximum atomic E-state index is 12.1. The molecule has 2 rings (SSSR count). The predicted octanol–water partition coefficient (Wildman–Crippen LogP) is 7.35. The summed E-state index contributed by atoms with van der Waals surface area (Å²) in [6.07, 6.45) is 12.0. The Morgan fingerprint density at radius 2 is 1.49 bits per heavy atom. The summed E-state index contributed by atoms with van der Waals surface area (Å²) in [6, 6.07) is 18.9. The summed E-state index contributed by atoms with van der Waals surface area (Å²) in [6.45, 7) is 5.31. The third-order valence-electron chi connectivity index (χ3n) is 6.43. The minimum absolute atomic E-state index is 0.0955. The number of quaternary nitrogens is 1. The Morgan fingerprint density at radius 1 is 0.771 bits per heavy atom. The molecule has 0 fully saturated rings. The third kappa shape index (κ3) is 13.4. The van der Waals surface area contributed by atoms with Crippen molar-refractivity contribution in [2.75, 3.05) is 33.9 Å². The van der Waals surface area contributed by atoms with Crippen LogP contribution in [-0.2, 0) is 22.5 Å². The Balaban J connectivity index is 1.53. The molecule has 4 heteroatoms. The quantitative estimate of drug-likeness (QED) is 0.119. The second-order valence-corrected chi connectivity index (χ2v) is 10.3. The zero-order valence-corrected chi connectivity index (χ0v) is 22.5. The van der Waals surface area contributed by atoms with Crippen LogP contribution in [-0.4, -0.2) is 44.3 Å². The molecule has 0 aliphatic carbocycles. The molecule has 0 radical (unpaired) electrons. The normalized spacial score (nSPS) is 11.4. The molecule has 0 spiro atoms. The maximum absolute atomic E-state index is 12.1. The van der Waals surface area contributed by atoms with E-state index in [0.29, 0.717) is 19.6 Å². The van der Waals surface area contributed by atoms with Crippen LogP contribution in [0.4, 0.5) is 0 Å². The van der Waals surface area contributed by atoms with Crippen molar-refractivity contribution in [2.24, 2.45) is 0 Å². The van der Waals surface area contributed by atoms with Gasteiger partial charge in [0.25, 0.3) is 0 Å². The Labute approximate surface area is 214 Å². The van der Waals surface area contributed by atoms with E-state index in [1.165, 1.54) is 49.7 Å². The average molecular weight is 483 g/mol.